The van der Waals surface area contributed by atoms with Gasteiger partial charge in [0.15, 0.2) is 0 Å². The predicted octanol–water partition coefficient (Wildman–Crippen LogP) is 1.39. The lowest BCUT2D eigenvalue weighted by Crippen LogP contribution is -2.34. The highest BCUT2D eigenvalue weighted by Crippen LogP contribution is 2.21. The minimum atomic E-state index is -0.804. The quantitative estimate of drug-likeness (QED) is 0.766. The van der Waals surface area contributed by atoms with E-state index in [1.165, 1.54) is 0 Å². The summed E-state index contributed by atoms with van der Waals surface area (Å²) >= 11 is 0. The maximum absolute atomic E-state index is 11.0. The van der Waals surface area contributed by atoms with Gasteiger partial charge in [-0.05, 0) is 13.3 Å². The van der Waals surface area contributed by atoms with E-state index in [1.807, 2.05) is 6.92 Å². The number of nitrogens with zero attached hydrogens (tertiary/aromatic N) is 2. The van der Waals surface area contributed by atoms with Crippen LogP contribution < -0.4 is 5.32 Å². The molecule has 1 aromatic rings. The zero-order chi connectivity index (χ0) is 11.3. The maximum Gasteiger partial charge on any atom is 0.311 e. The summed E-state index contributed by atoms with van der Waals surface area (Å²) in [6.45, 7) is 3.91. The molecular formula is C10H15N3O2. The second-order valence-corrected chi connectivity index (χ2v) is 3.66. The first-order chi connectivity index (χ1) is 7.08. The van der Waals surface area contributed by atoms with Crippen molar-refractivity contribution in [1.29, 1.82) is 0 Å². The van der Waals surface area contributed by atoms with Crippen molar-refractivity contribution in [3.8, 4) is 0 Å². The summed E-state index contributed by atoms with van der Waals surface area (Å²) in [5, 5.41) is 12.0. The fourth-order valence-electron chi connectivity index (χ4n) is 1.03. The topological polar surface area (TPSA) is 75.1 Å². The van der Waals surface area contributed by atoms with Crippen LogP contribution in [0.3, 0.4) is 0 Å². The van der Waals surface area contributed by atoms with Crippen molar-refractivity contribution in [3.63, 3.8) is 0 Å². The van der Waals surface area contributed by atoms with Gasteiger partial charge in [0.2, 0.25) is 0 Å². The van der Waals surface area contributed by atoms with E-state index in [9.17, 15) is 4.79 Å². The van der Waals surface area contributed by atoms with Gasteiger partial charge < -0.3 is 10.4 Å². The maximum atomic E-state index is 11.0. The molecule has 82 valence electrons. The van der Waals surface area contributed by atoms with Crippen molar-refractivity contribution >= 4 is 11.8 Å². The molecule has 1 rings (SSSR count). The molecule has 0 fully saturated rings. The smallest absolute Gasteiger partial charge is 0.311 e. The van der Waals surface area contributed by atoms with Crippen LogP contribution in [-0.4, -0.2) is 27.6 Å². The SMILES string of the molecule is CCC(C)(CNc1cnccn1)C(=O)O. The zero-order valence-corrected chi connectivity index (χ0v) is 8.90. The van der Waals surface area contributed by atoms with Crippen molar-refractivity contribution < 1.29 is 9.90 Å². The molecule has 0 aliphatic carbocycles. The first-order valence-corrected chi connectivity index (χ1v) is 4.82. The van der Waals surface area contributed by atoms with Gasteiger partial charge >= 0.3 is 5.97 Å². The number of aromatic nitrogens is 2. The molecule has 5 nitrogen and oxygen atoms in total. The average molecular weight is 209 g/mol. The van der Waals surface area contributed by atoms with Crippen LogP contribution in [0.5, 0.6) is 0 Å². The normalized spacial score (nSPS) is 14.3. The van der Waals surface area contributed by atoms with Gasteiger partial charge in [-0.2, -0.15) is 0 Å². The highest BCUT2D eigenvalue weighted by molar-refractivity contribution is 5.74. The van der Waals surface area contributed by atoms with Crippen LogP contribution in [0, 0.1) is 5.41 Å². The van der Waals surface area contributed by atoms with E-state index in [0.717, 1.165) is 0 Å². The van der Waals surface area contributed by atoms with Crippen molar-refractivity contribution in [3.05, 3.63) is 18.6 Å². The molecule has 0 saturated carbocycles. The van der Waals surface area contributed by atoms with Crippen LogP contribution in [0.4, 0.5) is 5.82 Å². The van der Waals surface area contributed by atoms with Crippen molar-refractivity contribution in [2.75, 3.05) is 11.9 Å². The lowest BCUT2D eigenvalue weighted by Gasteiger charge is -2.23. The van der Waals surface area contributed by atoms with Gasteiger partial charge in [-0.25, -0.2) is 4.98 Å². The van der Waals surface area contributed by atoms with Gasteiger partial charge in [0.25, 0.3) is 0 Å². The monoisotopic (exact) mass is 209 g/mol. The van der Waals surface area contributed by atoms with Crippen molar-refractivity contribution in [2.24, 2.45) is 5.41 Å². The molecule has 2 N–H and O–H groups in total. The van der Waals surface area contributed by atoms with Gasteiger partial charge in [-0.15, -0.1) is 0 Å². The molecule has 0 radical (unpaired) electrons. The molecule has 1 heterocycles. The average Bonchev–Trinajstić information content (AvgIpc) is 2.27. The summed E-state index contributed by atoms with van der Waals surface area (Å²) in [6, 6.07) is 0. The Morgan fingerprint density at radius 1 is 1.60 bits per heavy atom. The number of carbonyl (C=O) groups is 1. The second-order valence-electron chi connectivity index (χ2n) is 3.66. The molecule has 1 aromatic heterocycles. The summed E-state index contributed by atoms with van der Waals surface area (Å²) in [5.74, 6) is -0.209. The molecule has 0 aliphatic heterocycles. The van der Waals surface area contributed by atoms with Crippen LogP contribution in [0.15, 0.2) is 18.6 Å². The fraction of sp³-hybridized carbons (Fsp3) is 0.500. The Morgan fingerprint density at radius 2 is 2.33 bits per heavy atom. The number of carboxylic acids is 1. The number of aliphatic carboxylic acids is 1. The first kappa shape index (κ1) is 11.4. The Balaban J connectivity index is 2.59. The molecule has 1 atom stereocenters. The van der Waals surface area contributed by atoms with Gasteiger partial charge in [0.05, 0.1) is 11.6 Å². The Hall–Kier alpha value is -1.65. The van der Waals surface area contributed by atoms with E-state index in [1.54, 1.807) is 25.5 Å². The molecule has 0 bridgehead atoms. The molecule has 0 saturated heterocycles. The molecule has 5 heteroatoms. The first-order valence-electron chi connectivity index (χ1n) is 4.82. The van der Waals surface area contributed by atoms with Crippen molar-refractivity contribution in [2.45, 2.75) is 20.3 Å². The number of carboxylic acid groups (broad SMARTS) is 1. The lowest BCUT2D eigenvalue weighted by molar-refractivity contribution is -0.147. The molecule has 1 unspecified atom stereocenters. The van der Waals surface area contributed by atoms with E-state index in [-0.39, 0.29) is 0 Å². The third kappa shape index (κ3) is 2.90. The summed E-state index contributed by atoms with van der Waals surface area (Å²) in [4.78, 5) is 18.9. The summed E-state index contributed by atoms with van der Waals surface area (Å²) in [7, 11) is 0. The minimum absolute atomic E-state index is 0.345. The highest BCUT2D eigenvalue weighted by Gasteiger charge is 2.30. The minimum Gasteiger partial charge on any atom is -0.481 e. The predicted molar refractivity (Wildman–Crippen MR) is 56.6 cm³/mol. The Morgan fingerprint density at radius 3 is 2.80 bits per heavy atom. The zero-order valence-electron chi connectivity index (χ0n) is 8.90. The van der Waals surface area contributed by atoms with Crippen LogP contribution in [0.25, 0.3) is 0 Å². The third-order valence-electron chi connectivity index (χ3n) is 2.52. The highest BCUT2D eigenvalue weighted by atomic mass is 16.4. The summed E-state index contributed by atoms with van der Waals surface area (Å²) in [5.41, 5.74) is -0.766. The largest absolute Gasteiger partial charge is 0.481 e. The third-order valence-corrected chi connectivity index (χ3v) is 2.52. The molecule has 0 spiro atoms. The van der Waals surface area contributed by atoms with Gasteiger partial charge in [0, 0.05) is 18.9 Å². The van der Waals surface area contributed by atoms with Crippen LogP contribution >= 0.6 is 0 Å². The Bertz CT molecular complexity index is 329. The molecule has 15 heavy (non-hydrogen) atoms. The molecular weight excluding hydrogens is 194 g/mol. The van der Waals surface area contributed by atoms with Gasteiger partial charge in [0.1, 0.15) is 5.82 Å². The number of hydrogen-bond donors (Lipinski definition) is 2. The molecule has 0 aromatic carbocycles. The summed E-state index contributed by atoms with van der Waals surface area (Å²) < 4.78 is 0. The molecule has 0 amide bonds. The standard InChI is InChI=1S/C10H15N3O2/c1-3-10(2,9(14)15)7-13-8-6-11-4-5-12-8/h4-6H,3,7H2,1-2H3,(H,12,13)(H,14,15). The van der Waals surface area contributed by atoms with Crippen LogP contribution in [0.2, 0.25) is 0 Å². The van der Waals surface area contributed by atoms with Crippen LogP contribution in [-0.2, 0) is 4.79 Å². The number of rotatable bonds is 5. The van der Waals surface area contributed by atoms with Crippen LogP contribution in [0.1, 0.15) is 20.3 Å². The van der Waals surface area contributed by atoms with Gasteiger partial charge in [-0.3, -0.25) is 9.78 Å². The van der Waals surface area contributed by atoms with E-state index < -0.39 is 11.4 Å². The lowest BCUT2D eigenvalue weighted by atomic mass is 9.88. The second kappa shape index (κ2) is 4.72. The number of anilines is 1. The van der Waals surface area contributed by atoms with Gasteiger partial charge in [-0.1, -0.05) is 6.92 Å². The van der Waals surface area contributed by atoms with E-state index in [2.05, 4.69) is 15.3 Å². The fourth-order valence-corrected chi connectivity index (χ4v) is 1.03. The van der Waals surface area contributed by atoms with E-state index in [0.29, 0.717) is 18.8 Å². The number of hydrogen-bond acceptors (Lipinski definition) is 4. The Kier molecular flexibility index (Phi) is 3.60. The molecule has 0 aliphatic rings. The summed E-state index contributed by atoms with van der Waals surface area (Å²) in [6.07, 6.45) is 5.27. The van der Waals surface area contributed by atoms with E-state index in [4.69, 9.17) is 5.11 Å². The van der Waals surface area contributed by atoms with Crippen molar-refractivity contribution in [1.82, 2.24) is 9.97 Å². The number of nitrogens with one attached hydrogen (secondary N) is 1. The Labute approximate surface area is 88.6 Å². The van der Waals surface area contributed by atoms with E-state index >= 15 is 0 Å².